The number of piperazine rings is 1. The molecule has 4 aliphatic carbocycles. The van der Waals surface area contributed by atoms with Crippen molar-refractivity contribution in [3.63, 3.8) is 0 Å². The van der Waals surface area contributed by atoms with E-state index >= 15 is 0 Å². The van der Waals surface area contributed by atoms with Crippen LogP contribution in [-0.2, 0) is 9.53 Å². The Morgan fingerprint density at radius 3 is 2.38 bits per heavy atom. The first-order chi connectivity index (χ1) is 16.1. The summed E-state index contributed by atoms with van der Waals surface area (Å²) in [7, 11) is 0. The summed E-state index contributed by atoms with van der Waals surface area (Å²) in [6, 6.07) is 4.86. The lowest BCUT2D eigenvalue weighted by atomic mass is 9.52. The standard InChI is InChI=1S/C25H33ClFN3O4/c1-24(2,30-7-5-29(6-8-30)18-3-4-20(27)19(26)11-18)22(31)28-21-16-9-15-10-17(21)14-25(12-15,13-16)34-23(32)33/h3-4,11,15-17,21H,5-10,12-14H2,1-2H3,(H,28,31)(H,32,33). The number of amides is 1. The van der Waals surface area contributed by atoms with Crippen molar-refractivity contribution in [3.05, 3.63) is 29.0 Å². The van der Waals surface area contributed by atoms with Gasteiger partial charge in [-0.3, -0.25) is 9.69 Å². The number of benzene rings is 1. The number of nitrogens with zero attached hydrogens (tertiary/aromatic N) is 2. The lowest BCUT2D eigenvalue weighted by Crippen LogP contribution is -2.66. The van der Waals surface area contributed by atoms with E-state index in [2.05, 4.69) is 15.1 Å². The van der Waals surface area contributed by atoms with Crippen LogP contribution in [0.3, 0.4) is 0 Å². The van der Waals surface area contributed by atoms with E-state index in [1.54, 1.807) is 12.1 Å². The molecule has 1 saturated heterocycles. The summed E-state index contributed by atoms with van der Waals surface area (Å²) in [6.45, 7) is 6.82. The van der Waals surface area contributed by atoms with Crippen molar-refractivity contribution in [2.24, 2.45) is 17.8 Å². The van der Waals surface area contributed by atoms with Crippen LogP contribution in [0.1, 0.15) is 46.0 Å². The van der Waals surface area contributed by atoms with Crippen LogP contribution in [-0.4, -0.2) is 65.4 Å². The highest BCUT2D eigenvalue weighted by atomic mass is 35.5. The zero-order chi connectivity index (χ0) is 24.3. The number of halogens is 2. The van der Waals surface area contributed by atoms with Crippen LogP contribution < -0.4 is 10.2 Å². The van der Waals surface area contributed by atoms with E-state index < -0.39 is 23.1 Å². The highest BCUT2D eigenvalue weighted by Crippen LogP contribution is 2.57. The van der Waals surface area contributed by atoms with E-state index in [0.717, 1.165) is 38.0 Å². The Balaban J connectivity index is 1.21. The second kappa shape index (κ2) is 8.55. The Morgan fingerprint density at radius 2 is 1.79 bits per heavy atom. The van der Waals surface area contributed by atoms with Crippen LogP contribution in [0.5, 0.6) is 0 Å². The van der Waals surface area contributed by atoms with Gasteiger partial charge in [-0.1, -0.05) is 11.6 Å². The Bertz CT molecular complexity index is 965. The van der Waals surface area contributed by atoms with Crippen molar-refractivity contribution in [2.45, 2.75) is 63.1 Å². The molecule has 1 amide bonds. The molecule has 0 spiro atoms. The smallest absolute Gasteiger partial charge is 0.450 e. The van der Waals surface area contributed by atoms with Crippen molar-refractivity contribution in [2.75, 3.05) is 31.1 Å². The molecule has 0 aromatic heterocycles. The molecular formula is C25H33ClFN3O4. The maximum absolute atomic E-state index is 13.5. The largest absolute Gasteiger partial charge is 0.506 e. The SMILES string of the molecule is CC(C)(C(=O)NC1C2CC3CC1CC(OC(=O)O)(C3)C2)N1CCN(c2ccc(F)c(Cl)c2)CC1. The fourth-order valence-corrected chi connectivity index (χ4v) is 7.35. The molecule has 2 N–H and O–H groups in total. The normalized spacial score (nSPS) is 33.1. The molecular weight excluding hydrogens is 461 g/mol. The summed E-state index contributed by atoms with van der Waals surface area (Å²) < 4.78 is 18.9. The third-order valence-corrected chi connectivity index (χ3v) is 9.00. The first-order valence-corrected chi connectivity index (χ1v) is 12.6. The van der Waals surface area contributed by atoms with Crippen LogP contribution in [0.2, 0.25) is 5.02 Å². The summed E-state index contributed by atoms with van der Waals surface area (Å²) in [4.78, 5) is 29.1. The molecule has 1 aromatic rings. The molecule has 34 heavy (non-hydrogen) atoms. The van der Waals surface area contributed by atoms with Gasteiger partial charge in [-0.2, -0.15) is 0 Å². The molecule has 1 aromatic carbocycles. The Labute approximate surface area is 204 Å². The number of carboxylic acid groups (broad SMARTS) is 1. The number of hydrogen-bond donors (Lipinski definition) is 2. The van der Waals surface area contributed by atoms with Crippen molar-refractivity contribution >= 4 is 29.4 Å². The number of rotatable bonds is 5. The zero-order valence-electron chi connectivity index (χ0n) is 19.7. The van der Waals surface area contributed by atoms with Crippen LogP contribution in [0, 0.1) is 23.6 Å². The third-order valence-electron chi connectivity index (χ3n) is 8.71. The van der Waals surface area contributed by atoms with Gasteiger partial charge in [0.2, 0.25) is 5.91 Å². The first kappa shape index (κ1) is 23.7. The summed E-state index contributed by atoms with van der Waals surface area (Å²) in [6.07, 6.45) is 3.11. The van der Waals surface area contributed by atoms with Gasteiger partial charge in [0, 0.05) is 37.9 Å². The fourth-order valence-electron chi connectivity index (χ4n) is 7.17. The van der Waals surface area contributed by atoms with Gasteiger partial charge in [-0.05, 0) is 81.9 Å². The fraction of sp³-hybridized carbons (Fsp3) is 0.680. The molecule has 1 heterocycles. The second-order valence-corrected chi connectivity index (χ2v) is 11.6. The molecule has 4 bridgehead atoms. The second-order valence-electron chi connectivity index (χ2n) is 11.2. The van der Waals surface area contributed by atoms with Crippen LogP contribution in [0.4, 0.5) is 14.9 Å². The summed E-state index contributed by atoms with van der Waals surface area (Å²) in [5, 5.41) is 12.7. The number of ether oxygens (including phenoxy) is 1. The number of nitrogens with one attached hydrogen (secondary N) is 1. The average Bonchev–Trinajstić information content (AvgIpc) is 2.76. The summed E-state index contributed by atoms with van der Waals surface area (Å²) >= 11 is 5.95. The van der Waals surface area contributed by atoms with Gasteiger partial charge in [0.1, 0.15) is 11.4 Å². The Kier molecular flexibility index (Phi) is 5.96. The summed E-state index contributed by atoms with van der Waals surface area (Å²) in [5.41, 5.74) is -0.339. The van der Waals surface area contributed by atoms with E-state index in [4.69, 9.17) is 16.3 Å². The van der Waals surface area contributed by atoms with Crippen molar-refractivity contribution < 1.29 is 23.8 Å². The van der Waals surface area contributed by atoms with E-state index in [1.165, 1.54) is 6.07 Å². The van der Waals surface area contributed by atoms with Crippen molar-refractivity contribution in [3.8, 4) is 0 Å². The van der Waals surface area contributed by atoms with Crippen LogP contribution >= 0.6 is 11.6 Å². The Hall–Kier alpha value is -2.06. The monoisotopic (exact) mass is 493 g/mol. The highest BCUT2D eigenvalue weighted by Gasteiger charge is 2.58. The van der Waals surface area contributed by atoms with Gasteiger partial charge in [0.25, 0.3) is 0 Å². The predicted molar refractivity (Wildman–Crippen MR) is 127 cm³/mol. The summed E-state index contributed by atoms with van der Waals surface area (Å²) in [5.74, 6) is 0.630. The van der Waals surface area contributed by atoms with E-state index in [1.807, 2.05) is 13.8 Å². The molecule has 5 fully saturated rings. The number of carbonyl (C=O) groups is 2. The molecule has 9 heteroatoms. The molecule has 186 valence electrons. The topological polar surface area (TPSA) is 82.1 Å². The number of carbonyl (C=O) groups excluding carboxylic acids is 1. The lowest BCUT2D eigenvalue weighted by molar-refractivity contribution is -0.157. The maximum Gasteiger partial charge on any atom is 0.506 e. The van der Waals surface area contributed by atoms with Gasteiger partial charge < -0.3 is 20.1 Å². The minimum atomic E-state index is -1.19. The molecule has 2 unspecified atom stereocenters. The lowest BCUT2D eigenvalue weighted by Gasteiger charge is -2.59. The molecule has 0 radical (unpaired) electrons. The molecule has 6 rings (SSSR count). The molecule has 1 aliphatic heterocycles. The van der Waals surface area contributed by atoms with Crippen LogP contribution in [0.15, 0.2) is 18.2 Å². The van der Waals surface area contributed by atoms with Gasteiger partial charge in [0.05, 0.1) is 10.6 Å². The number of hydrogen-bond acceptors (Lipinski definition) is 5. The maximum atomic E-state index is 13.5. The predicted octanol–water partition coefficient (Wildman–Crippen LogP) is 4.14. The highest BCUT2D eigenvalue weighted by molar-refractivity contribution is 6.31. The molecule has 7 nitrogen and oxygen atoms in total. The van der Waals surface area contributed by atoms with Crippen LogP contribution in [0.25, 0.3) is 0 Å². The van der Waals surface area contributed by atoms with E-state index in [-0.39, 0.29) is 28.8 Å². The first-order valence-electron chi connectivity index (χ1n) is 12.2. The molecule has 5 aliphatic rings. The minimum absolute atomic E-state index is 0.0245. The van der Waals surface area contributed by atoms with Crippen molar-refractivity contribution in [1.29, 1.82) is 0 Å². The van der Waals surface area contributed by atoms with Gasteiger partial charge in [-0.25, -0.2) is 9.18 Å². The third kappa shape index (κ3) is 4.24. The average molecular weight is 494 g/mol. The quantitative estimate of drug-likeness (QED) is 0.600. The zero-order valence-corrected chi connectivity index (χ0v) is 20.5. The van der Waals surface area contributed by atoms with Crippen molar-refractivity contribution in [1.82, 2.24) is 10.2 Å². The molecule has 4 saturated carbocycles. The Morgan fingerprint density at radius 1 is 1.15 bits per heavy atom. The van der Waals surface area contributed by atoms with E-state index in [9.17, 15) is 19.1 Å². The van der Waals surface area contributed by atoms with Gasteiger partial charge in [0.15, 0.2) is 0 Å². The molecule has 2 atom stereocenters. The van der Waals surface area contributed by atoms with Gasteiger partial charge in [-0.15, -0.1) is 0 Å². The van der Waals surface area contributed by atoms with Gasteiger partial charge >= 0.3 is 6.16 Å². The minimum Gasteiger partial charge on any atom is -0.450 e. The van der Waals surface area contributed by atoms with E-state index in [0.29, 0.717) is 31.8 Å². The number of anilines is 1.